The minimum absolute atomic E-state index is 0.00280. The van der Waals surface area contributed by atoms with Crippen molar-refractivity contribution in [2.45, 2.75) is 170 Å². The predicted molar refractivity (Wildman–Crippen MR) is 569 cm³/mol. The summed E-state index contributed by atoms with van der Waals surface area (Å²) in [4.78, 5) is 88.8. The fourth-order valence-electron chi connectivity index (χ4n) is 16.4. The van der Waals surface area contributed by atoms with E-state index >= 15 is 0 Å². The molecule has 0 aliphatic carbocycles. The first-order valence-corrected chi connectivity index (χ1v) is 49.8. The second-order valence-corrected chi connectivity index (χ2v) is 37.8. The van der Waals surface area contributed by atoms with Crippen molar-refractivity contribution in [3.8, 4) is 0 Å². The lowest BCUT2D eigenvalue weighted by molar-refractivity contribution is 0.0964. The standard InChI is InChI=1S/C21H19ClFNO.C20H17ClFNO.C17H19ClFNO.C16H17ClFNO.C15H15ClFNO.2C14H13ClFNO/c1-15(16-7-3-2-4-8-16)24-14-6-11-20(24)21(25)13-12-17-18(22)9-5-10-19(17)23;21-17-8-4-9-18(22)16(17)11-12-20(24)19-10-5-13-23(19)14-15-6-2-1-3-7-15;1-11(2)20-10-9-12(3)17(20)16(21)8-7-13-14(18)5-4-6-15(13)19;1-11(2)19-10-4-7-15(19)16(20)9-8-12-13(17)5-3-6-14(12)18;1-10-8-9-18(2)15(10)14(19)7-6-11-12(16)4-3-5-13(11)17;1-17-9-3-6-13(17)14(18)8-7-10-11(15)4-2-5-12(10)16;1-9-7-8-17-14(9)13(18)6-5-10-11(15)3-2-4-12(10)16/h2-11,14-15H,12-13H2,1H3;1-10,13H,11-12,14H2;4-6,9-11H,7-8H2,1-3H3;3-7,10-11H,8-9H2,1-2H3;3-5,8-9H,6-7H2,1-2H3;2-6,9H,7-8H2,1H3;2-4,7-8,17H,5-6H2,1H3. The number of hydrogen-bond donors (Lipinski definition) is 1. The number of halogens is 14. The molecule has 7 heterocycles. The molecule has 7 aromatic heterocycles. The number of aromatic nitrogens is 7. The quantitative estimate of drug-likeness (QED) is 0.0310. The van der Waals surface area contributed by atoms with Crippen molar-refractivity contribution in [3.05, 3.63) is 481 Å². The molecule has 14 nitrogen and oxygen atoms in total. The van der Waals surface area contributed by atoms with E-state index in [1.165, 1.54) is 42.5 Å². The summed E-state index contributed by atoms with van der Waals surface area (Å²) in [6.45, 7) is 16.5. The SMILES string of the molecule is CC(C)n1cccc1C(=O)CCc1c(F)cccc1Cl.CC(c1ccccc1)n1cccc1C(=O)CCc1c(F)cccc1Cl.Cc1cc[nH]c1C(=O)CCc1c(F)cccc1Cl.Cc1ccn(C(C)C)c1C(=O)CCc1c(F)cccc1Cl.Cc1ccn(C)c1C(=O)CCc1c(F)cccc1Cl.Cn1cccc1C(=O)CCc1c(F)cccc1Cl.O=C(CCc1c(F)cccc1Cl)c1cccn1Cc1ccccc1. The lowest BCUT2D eigenvalue weighted by Crippen LogP contribution is -2.14. The van der Waals surface area contributed by atoms with Crippen LogP contribution in [-0.2, 0) is 65.6 Å². The number of Topliss-reactive ketones (excluding diaryl/α,β-unsaturated/α-hetero) is 7. The molecule has 28 heteroatoms. The Bertz CT molecular complexity index is 6830. The molecule has 9 aromatic carbocycles. The number of nitrogens with zero attached hydrogens (tertiary/aromatic N) is 6. The molecule has 0 radical (unpaired) electrons. The van der Waals surface area contributed by atoms with Crippen LogP contribution in [0.5, 0.6) is 0 Å². The molecule has 0 aliphatic heterocycles. The molecule has 0 saturated carbocycles. The summed E-state index contributed by atoms with van der Waals surface area (Å²) in [5, 5.41) is 2.58. The van der Waals surface area contributed by atoms with Gasteiger partial charge < -0.3 is 32.4 Å². The monoisotopic (exact) mass is 2110 g/mol. The van der Waals surface area contributed by atoms with E-state index in [1.54, 1.807) is 118 Å². The van der Waals surface area contributed by atoms with E-state index in [4.69, 9.17) is 81.2 Å². The van der Waals surface area contributed by atoms with Crippen LogP contribution in [0.15, 0.2) is 298 Å². The maximum atomic E-state index is 13.9. The van der Waals surface area contributed by atoms with E-state index in [1.807, 2.05) is 227 Å². The molecule has 0 fully saturated rings. The number of aryl methyl sites for hydroxylation is 5. The van der Waals surface area contributed by atoms with Gasteiger partial charge in [0, 0.05) is 195 Å². The zero-order valence-corrected chi connectivity index (χ0v) is 87.3. The zero-order valence-electron chi connectivity index (χ0n) is 82.0. The van der Waals surface area contributed by atoms with Crippen LogP contribution in [0.2, 0.25) is 35.2 Å². The maximum Gasteiger partial charge on any atom is 0.179 e. The normalized spacial score (nSPS) is 11.0. The Kier molecular flexibility index (Phi) is 44.1. The molecule has 756 valence electrons. The van der Waals surface area contributed by atoms with Gasteiger partial charge in [0.05, 0.1) is 45.9 Å². The molecule has 1 atom stereocenters. The topological polar surface area (TPSA) is 165 Å². The number of benzene rings is 9. The Morgan fingerprint density at radius 1 is 0.276 bits per heavy atom. The smallest absolute Gasteiger partial charge is 0.179 e. The summed E-state index contributed by atoms with van der Waals surface area (Å²) in [6.07, 6.45) is 16.8. The summed E-state index contributed by atoms with van der Waals surface area (Å²) >= 11 is 41.8. The van der Waals surface area contributed by atoms with Gasteiger partial charge in [-0.15, -0.1) is 0 Å². The van der Waals surface area contributed by atoms with Crippen molar-refractivity contribution < 1.29 is 64.3 Å². The van der Waals surface area contributed by atoms with Gasteiger partial charge >= 0.3 is 0 Å². The molecule has 1 N–H and O–H groups in total. The molecule has 16 aromatic rings. The average Bonchev–Trinajstić information content (AvgIpc) is 1.69. The zero-order chi connectivity index (χ0) is 105. The Hall–Kier alpha value is -12.8. The van der Waals surface area contributed by atoms with E-state index in [-0.39, 0.29) is 151 Å². The van der Waals surface area contributed by atoms with Crippen LogP contribution in [0, 0.1) is 61.5 Å². The van der Waals surface area contributed by atoms with Crippen molar-refractivity contribution in [2.75, 3.05) is 0 Å². The summed E-state index contributed by atoms with van der Waals surface area (Å²) in [7, 11) is 3.64. The van der Waals surface area contributed by atoms with E-state index in [0.29, 0.717) is 159 Å². The Labute approximate surface area is 876 Å². The van der Waals surface area contributed by atoms with Gasteiger partial charge in [0.2, 0.25) is 0 Å². The van der Waals surface area contributed by atoms with Gasteiger partial charge in [0.15, 0.2) is 40.5 Å². The Morgan fingerprint density at radius 2 is 0.586 bits per heavy atom. The molecule has 0 bridgehead atoms. The number of hydrogen-bond acceptors (Lipinski definition) is 7. The van der Waals surface area contributed by atoms with Crippen LogP contribution in [0.25, 0.3) is 0 Å². The number of carbonyl (C=O) groups excluding carboxylic acids is 7. The first-order chi connectivity index (χ1) is 69.3. The molecule has 0 aliphatic rings. The number of H-pyrrole nitrogens is 1. The van der Waals surface area contributed by atoms with Crippen molar-refractivity contribution >= 4 is 122 Å². The van der Waals surface area contributed by atoms with Crippen molar-refractivity contribution in [1.82, 2.24) is 32.4 Å². The fraction of sp³-hybridized carbons (Fsp3) is 0.239. The molecule has 1 unspecified atom stereocenters. The molecule has 0 spiro atoms. The minimum Gasteiger partial charge on any atom is -0.359 e. The van der Waals surface area contributed by atoms with Crippen LogP contribution in [0.1, 0.15) is 238 Å². The first kappa shape index (κ1) is 114. The van der Waals surface area contributed by atoms with Crippen LogP contribution in [0.3, 0.4) is 0 Å². The van der Waals surface area contributed by atoms with Gasteiger partial charge in [-0.2, -0.15) is 0 Å². The van der Waals surface area contributed by atoms with E-state index in [0.717, 1.165) is 27.8 Å². The van der Waals surface area contributed by atoms with Gasteiger partial charge in [-0.1, -0.05) is 184 Å². The molecular weight excluding hydrogens is 2000 g/mol. The summed E-state index contributed by atoms with van der Waals surface area (Å²) in [5.74, 6) is -2.58. The Balaban J connectivity index is 0.000000174. The van der Waals surface area contributed by atoms with Gasteiger partial charge in [0.25, 0.3) is 0 Å². The van der Waals surface area contributed by atoms with E-state index in [2.05, 4.69) is 11.9 Å². The summed E-state index contributed by atoms with van der Waals surface area (Å²) < 4.78 is 107. The minimum atomic E-state index is -0.367. The number of nitrogens with one attached hydrogen (secondary N) is 1. The molecule has 0 amide bonds. The largest absolute Gasteiger partial charge is 0.359 e. The highest BCUT2D eigenvalue weighted by molar-refractivity contribution is 6.33. The third-order valence-corrected chi connectivity index (χ3v) is 26.8. The summed E-state index contributed by atoms with van der Waals surface area (Å²) in [6, 6.07) is 72.6. The number of carbonyl (C=O) groups is 7. The molecule has 145 heavy (non-hydrogen) atoms. The lowest BCUT2D eigenvalue weighted by Gasteiger charge is -2.17. The van der Waals surface area contributed by atoms with Crippen LogP contribution in [0.4, 0.5) is 30.7 Å². The summed E-state index contributed by atoms with van der Waals surface area (Å²) in [5.41, 5.74) is 12.4. The van der Waals surface area contributed by atoms with Crippen LogP contribution in [-0.4, -0.2) is 72.9 Å². The second kappa shape index (κ2) is 56.0. The van der Waals surface area contributed by atoms with Crippen molar-refractivity contribution in [1.29, 1.82) is 0 Å². The van der Waals surface area contributed by atoms with E-state index in [9.17, 15) is 64.3 Å². The fourth-order valence-corrected chi connectivity index (χ4v) is 18.2. The van der Waals surface area contributed by atoms with Gasteiger partial charge in [0.1, 0.15) is 40.7 Å². The number of ketones is 7. The highest BCUT2D eigenvalue weighted by Crippen LogP contribution is 2.32. The Morgan fingerprint density at radius 3 is 0.938 bits per heavy atom. The predicted octanol–water partition coefficient (Wildman–Crippen LogP) is 32.0. The number of rotatable bonds is 34. The lowest BCUT2D eigenvalue weighted by atomic mass is 10.0. The van der Waals surface area contributed by atoms with Gasteiger partial charge in [-0.3, -0.25) is 33.6 Å². The van der Waals surface area contributed by atoms with Gasteiger partial charge in [-0.05, 0) is 280 Å². The first-order valence-electron chi connectivity index (χ1n) is 47.2. The number of aromatic amines is 1. The van der Waals surface area contributed by atoms with Crippen LogP contribution < -0.4 is 0 Å². The molecule has 16 rings (SSSR count). The highest BCUT2D eigenvalue weighted by atomic mass is 35.5. The third kappa shape index (κ3) is 32.3. The molecular formula is C117H113Cl7F7N7O7. The molecule has 0 saturated heterocycles. The van der Waals surface area contributed by atoms with Crippen LogP contribution >= 0.6 is 81.2 Å². The average molecular weight is 2110 g/mol. The van der Waals surface area contributed by atoms with Crippen molar-refractivity contribution in [3.63, 3.8) is 0 Å². The second-order valence-electron chi connectivity index (χ2n) is 35.0. The van der Waals surface area contributed by atoms with Gasteiger partial charge in [-0.25, -0.2) is 30.7 Å². The highest BCUT2D eigenvalue weighted by Gasteiger charge is 2.25. The van der Waals surface area contributed by atoms with E-state index < -0.39 is 0 Å². The third-order valence-electron chi connectivity index (χ3n) is 24.3. The maximum absolute atomic E-state index is 13.9. The van der Waals surface area contributed by atoms with Crippen molar-refractivity contribution in [2.24, 2.45) is 14.1 Å².